The third-order valence-corrected chi connectivity index (χ3v) is 7.09. The quantitative estimate of drug-likeness (QED) is 0.246. The van der Waals surface area contributed by atoms with Gasteiger partial charge in [0.2, 0.25) is 5.91 Å². The first-order valence-electron chi connectivity index (χ1n) is 12.3. The van der Waals surface area contributed by atoms with Gasteiger partial charge in [0, 0.05) is 12.2 Å². The summed E-state index contributed by atoms with van der Waals surface area (Å²) >= 11 is 0.742. The first kappa shape index (κ1) is 27.3. The summed E-state index contributed by atoms with van der Waals surface area (Å²) in [6, 6.07) is 21.6. The van der Waals surface area contributed by atoms with Crippen LogP contribution in [0.2, 0.25) is 0 Å². The van der Waals surface area contributed by atoms with Gasteiger partial charge in [0.05, 0.1) is 5.69 Å². The summed E-state index contributed by atoms with van der Waals surface area (Å²) < 4.78 is 3.98. The van der Waals surface area contributed by atoms with E-state index in [2.05, 4.69) is 23.5 Å². The summed E-state index contributed by atoms with van der Waals surface area (Å²) in [5, 5.41) is 12.8. The molecule has 1 heterocycles. The lowest BCUT2D eigenvalue weighted by atomic mass is 10.00. The Hall–Kier alpha value is -4.70. The monoisotopic (exact) mass is 543 g/mol. The van der Waals surface area contributed by atoms with E-state index in [1.54, 1.807) is 24.3 Å². The minimum Gasteiger partial charge on any atom is -0.508 e. The summed E-state index contributed by atoms with van der Waals surface area (Å²) in [5.41, 5.74) is 14.0. The number of amides is 3. The normalized spacial score (nSPS) is 11.7. The van der Waals surface area contributed by atoms with E-state index in [1.165, 1.54) is 17.0 Å². The molecule has 0 spiro atoms. The molecule has 1 aromatic heterocycles. The van der Waals surface area contributed by atoms with Gasteiger partial charge >= 0.3 is 0 Å². The minimum absolute atomic E-state index is 0.0131. The molecule has 6 N–H and O–H groups in total. The number of nitrogens with one attached hydrogen (secondary N) is 1. The number of benzene rings is 3. The maximum absolute atomic E-state index is 14.1. The molecular weight excluding hydrogens is 514 g/mol. The van der Waals surface area contributed by atoms with Gasteiger partial charge in [0.15, 0.2) is 5.69 Å². The van der Waals surface area contributed by atoms with Crippen LogP contribution < -0.4 is 21.7 Å². The first-order chi connectivity index (χ1) is 18.7. The van der Waals surface area contributed by atoms with Crippen molar-refractivity contribution in [3.63, 3.8) is 0 Å². The average molecular weight is 544 g/mol. The Morgan fingerprint density at radius 3 is 2.13 bits per heavy atom. The molecule has 0 aliphatic rings. The largest absolute Gasteiger partial charge is 0.508 e. The van der Waals surface area contributed by atoms with Gasteiger partial charge in [0.1, 0.15) is 16.7 Å². The number of anilines is 2. The van der Waals surface area contributed by atoms with E-state index in [-0.39, 0.29) is 34.5 Å². The molecular formula is C29H29N5O4S. The number of nitrogens with two attached hydrogens (primary N) is 2. The molecule has 3 amide bonds. The van der Waals surface area contributed by atoms with Crippen LogP contribution in [0.25, 0.3) is 0 Å². The van der Waals surface area contributed by atoms with Gasteiger partial charge in [-0.2, -0.15) is 4.37 Å². The average Bonchev–Trinajstić information content (AvgIpc) is 3.33. The van der Waals surface area contributed by atoms with Gasteiger partial charge in [-0.25, -0.2) is 0 Å². The second-order valence-corrected chi connectivity index (χ2v) is 10.0. The van der Waals surface area contributed by atoms with Crippen molar-refractivity contribution in [1.29, 1.82) is 0 Å². The van der Waals surface area contributed by atoms with Crippen LogP contribution in [0.1, 0.15) is 62.7 Å². The molecule has 4 rings (SSSR count). The predicted molar refractivity (Wildman–Crippen MR) is 152 cm³/mol. The second-order valence-electron chi connectivity index (χ2n) is 9.26. The molecule has 3 aromatic carbocycles. The summed E-state index contributed by atoms with van der Waals surface area (Å²) in [7, 11) is 0. The highest BCUT2D eigenvalue weighted by atomic mass is 32.1. The number of nitrogens with zero attached hydrogens (tertiary/aromatic N) is 2. The van der Waals surface area contributed by atoms with Crippen LogP contribution in [0.15, 0.2) is 78.9 Å². The second kappa shape index (κ2) is 11.8. The van der Waals surface area contributed by atoms with E-state index in [0.717, 1.165) is 22.7 Å². The van der Waals surface area contributed by atoms with Crippen LogP contribution in [-0.2, 0) is 11.3 Å². The maximum atomic E-state index is 14.1. The molecule has 0 fully saturated rings. The van der Waals surface area contributed by atoms with Crippen LogP contribution in [-0.4, -0.2) is 27.2 Å². The maximum Gasteiger partial charge on any atom is 0.273 e. The lowest BCUT2D eigenvalue weighted by Gasteiger charge is -2.31. The Labute approximate surface area is 230 Å². The first-order valence-corrected chi connectivity index (χ1v) is 13.0. The fourth-order valence-corrected chi connectivity index (χ4v) is 4.84. The molecule has 200 valence electrons. The molecule has 0 saturated carbocycles. The topological polar surface area (TPSA) is 152 Å². The number of primary amides is 1. The van der Waals surface area contributed by atoms with Crippen molar-refractivity contribution in [3.05, 3.63) is 106 Å². The SMILES string of the molecule is CC(C)c1ccc(N(C(=O)c2snc(C(N)=O)c2N)C(C(=O)NCc2ccccc2)c2ccc(O)cc2)cc1. The van der Waals surface area contributed by atoms with Crippen molar-refractivity contribution in [1.82, 2.24) is 9.69 Å². The van der Waals surface area contributed by atoms with Crippen LogP contribution in [0.3, 0.4) is 0 Å². The molecule has 9 nitrogen and oxygen atoms in total. The van der Waals surface area contributed by atoms with Crippen molar-refractivity contribution >= 4 is 40.6 Å². The Morgan fingerprint density at radius 2 is 1.56 bits per heavy atom. The van der Waals surface area contributed by atoms with Gasteiger partial charge < -0.3 is 21.9 Å². The predicted octanol–water partition coefficient (Wildman–Crippen LogP) is 4.36. The zero-order valence-corrected chi connectivity index (χ0v) is 22.3. The third-order valence-electron chi connectivity index (χ3n) is 6.24. The van der Waals surface area contributed by atoms with Crippen molar-refractivity contribution in [2.24, 2.45) is 5.73 Å². The Morgan fingerprint density at radius 1 is 0.949 bits per heavy atom. The summed E-state index contributed by atoms with van der Waals surface area (Å²) in [6.07, 6.45) is 0. The standard InChI is InChI=1S/C29H29N5O4S/c1-17(2)19-8-12-21(13-9-19)34(29(38)26-23(30)24(27(31)36)33-39-26)25(20-10-14-22(35)15-11-20)28(37)32-16-18-6-4-3-5-7-18/h3-15,17,25,35H,16,30H2,1-2H3,(H2,31,36)(H,32,37). The van der Waals surface area contributed by atoms with E-state index in [4.69, 9.17) is 11.5 Å². The van der Waals surface area contributed by atoms with E-state index in [1.807, 2.05) is 42.5 Å². The highest BCUT2D eigenvalue weighted by molar-refractivity contribution is 7.09. The molecule has 10 heteroatoms. The van der Waals surface area contributed by atoms with Crippen LogP contribution in [0.5, 0.6) is 5.75 Å². The van der Waals surface area contributed by atoms with E-state index < -0.39 is 23.8 Å². The van der Waals surface area contributed by atoms with Gasteiger partial charge in [-0.05, 0) is 58.4 Å². The van der Waals surface area contributed by atoms with Crippen LogP contribution in [0.4, 0.5) is 11.4 Å². The number of aromatic nitrogens is 1. The Bertz CT molecular complexity index is 1470. The highest BCUT2D eigenvalue weighted by Gasteiger charge is 2.36. The number of carbonyl (C=O) groups is 3. The number of hydrogen-bond donors (Lipinski definition) is 4. The van der Waals surface area contributed by atoms with Crippen molar-refractivity contribution in [3.8, 4) is 5.75 Å². The van der Waals surface area contributed by atoms with Gasteiger partial charge in [0.25, 0.3) is 11.8 Å². The number of aromatic hydroxyl groups is 1. The van der Waals surface area contributed by atoms with Crippen molar-refractivity contribution in [2.75, 3.05) is 10.6 Å². The summed E-state index contributed by atoms with van der Waals surface area (Å²) in [4.78, 5) is 41.1. The summed E-state index contributed by atoms with van der Waals surface area (Å²) in [5.74, 6) is -1.67. The number of hydrogen-bond acceptors (Lipinski definition) is 7. The van der Waals surface area contributed by atoms with Crippen LogP contribution >= 0.6 is 11.5 Å². The van der Waals surface area contributed by atoms with Gasteiger partial charge in [-0.15, -0.1) is 0 Å². The fourth-order valence-electron chi connectivity index (χ4n) is 4.10. The lowest BCUT2D eigenvalue weighted by molar-refractivity contribution is -0.122. The number of phenols is 1. The fraction of sp³-hybridized carbons (Fsp3) is 0.172. The Balaban J connectivity index is 1.83. The van der Waals surface area contributed by atoms with E-state index in [9.17, 15) is 19.5 Å². The van der Waals surface area contributed by atoms with E-state index >= 15 is 0 Å². The molecule has 1 atom stereocenters. The highest BCUT2D eigenvalue weighted by Crippen LogP contribution is 2.34. The molecule has 0 saturated heterocycles. The smallest absolute Gasteiger partial charge is 0.273 e. The summed E-state index contributed by atoms with van der Waals surface area (Å²) in [6.45, 7) is 4.34. The zero-order valence-electron chi connectivity index (χ0n) is 21.5. The zero-order chi connectivity index (χ0) is 28.1. The van der Waals surface area contributed by atoms with Gasteiger partial charge in [-0.1, -0.05) is 68.4 Å². The molecule has 0 radical (unpaired) electrons. The molecule has 0 aliphatic carbocycles. The minimum atomic E-state index is -1.15. The molecule has 1 unspecified atom stereocenters. The molecule has 0 aliphatic heterocycles. The molecule has 4 aromatic rings. The van der Waals surface area contributed by atoms with Crippen molar-refractivity contribution < 1.29 is 19.5 Å². The van der Waals surface area contributed by atoms with Crippen molar-refractivity contribution in [2.45, 2.75) is 32.4 Å². The third kappa shape index (κ3) is 6.07. The Kier molecular flexibility index (Phi) is 8.26. The van der Waals surface area contributed by atoms with E-state index in [0.29, 0.717) is 11.3 Å². The van der Waals surface area contributed by atoms with Gasteiger partial charge in [-0.3, -0.25) is 19.3 Å². The molecule has 0 bridgehead atoms. The lowest BCUT2D eigenvalue weighted by Crippen LogP contribution is -2.44. The van der Waals surface area contributed by atoms with Crippen LogP contribution in [0, 0.1) is 0 Å². The number of rotatable bonds is 9. The number of carbonyl (C=O) groups excluding carboxylic acids is 3. The number of nitrogen functional groups attached to an aromatic ring is 1. The number of phenolic OH excluding ortho intramolecular Hbond substituents is 1. The molecule has 39 heavy (non-hydrogen) atoms.